The molecule has 1 aromatic heterocycles. The van der Waals surface area contributed by atoms with Crippen molar-refractivity contribution in [2.45, 2.75) is 39.2 Å². The van der Waals surface area contributed by atoms with Gasteiger partial charge in [0.2, 0.25) is 0 Å². The highest BCUT2D eigenvalue weighted by Gasteiger charge is 2.37. The van der Waals surface area contributed by atoms with Gasteiger partial charge in [-0.2, -0.15) is 0 Å². The molecular formula is C18H24ClN5O. The molecule has 1 saturated heterocycles. The van der Waals surface area contributed by atoms with Crippen LogP contribution in [0.4, 0.5) is 4.79 Å². The number of H-pyrrole nitrogens is 1. The smallest absolute Gasteiger partial charge is 0.339 e. The first-order chi connectivity index (χ1) is 11.6. The van der Waals surface area contributed by atoms with Gasteiger partial charge in [-0.1, -0.05) is 12.2 Å². The van der Waals surface area contributed by atoms with E-state index in [9.17, 15) is 4.79 Å². The Morgan fingerprint density at radius 1 is 1.36 bits per heavy atom. The SMILES string of the molecule is Cc1nc[nH]c1CN(C)C(=O)N1CC2=CCCC3=C2N1C=CCC3.Cl. The van der Waals surface area contributed by atoms with Crippen molar-refractivity contribution in [3.63, 3.8) is 0 Å². The number of amides is 2. The highest BCUT2D eigenvalue weighted by atomic mass is 35.5. The van der Waals surface area contributed by atoms with Crippen molar-refractivity contribution in [2.75, 3.05) is 13.6 Å². The maximum atomic E-state index is 13.0. The van der Waals surface area contributed by atoms with Gasteiger partial charge in [0.05, 0.1) is 36.5 Å². The van der Waals surface area contributed by atoms with Crippen LogP contribution in [0.25, 0.3) is 0 Å². The number of hydrogen-bond acceptors (Lipinski definition) is 3. The second-order valence-electron chi connectivity index (χ2n) is 6.65. The van der Waals surface area contributed by atoms with Crippen LogP contribution in [0.15, 0.2) is 41.5 Å². The third-order valence-corrected chi connectivity index (χ3v) is 5.02. The van der Waals surface area contributed by atoms with E-state index in [0.717, 1.165) is 37.1 Å². The van der Waals surface area contributed by atoms with E-state index in [0.29, 0.717) is 13.1 Å². The third-order valence-electron chi connectivity index (χ3n) is 5.02. The highest BCUT2D eigenvalue weighted by molar-refractivity contribution is 5.85. The molecule has 1 aromatic rings. The second-order valence-corrected chi connectivity index (χ2v) is 6.65. The fourth-order valence-electron chi connectivity index (χ4n) is 3.71. The summed E-state index contributed by atoms with van der Waals surface area (Å²) in [6, 6.07) is 0.0118. The van der Waals surface area contributed by atoms with Crippen LogP contribution in [-0.2, 0) is 6.54 Å². The predicted molar refractivity (Wildman–Crippen MR) is 98.7 cm³/mol. The maximum Gasteiger partial charge on any atom is 0.339 e. The average Bonchev–Trinajstić information content (AvgIpc) is 3.07. The molecule has 6 nitrogen and oxygen atoms in total. The number of halogens is 1. The molecule has 1 aliphatic carbocycles. The number of aromatic nitrogens is 2. The summed E-state index contributed by atoms with van der Waals surface area (Å²) >= 11 is 0. The lowest BCUT2D eigenvalue weighted by Crippen LogP contribution is -2.44. The van der Waals surface area contributed by atoms with Crippen LogP contribution in [0.3, 0.4) is 0 Å². The summed E-state index contributed by atoms with van der Waals surface area (Å²) in [4.78, 5) is 22.1. The number of rotatable bonds is 2. The number of aromatic amines is 1. The molecule has 0 saturated carbocycles. The van der Waals surface area contributed by atoms with Crippen LogP contribution in [0, 0.1) is 6.92 Å². The predicted octanol–water partition coefficient (Wildman–Crippen LogP) is 3.51. The number of carbonyl (C=O) groups is 1. The minimum atomic E-state index is 0. The number of urea groups is 1. The monoisotopic (exact) mass is 361 g/mol. The maximum absolute atomic E-state index is 13.0. The number of aryl methyl sites for hydroxylation is 1. The van der Waals surface area contributed by atoms with Gasteiger partial charge in [0.15, 0.2) is 0 Å². The van der Waals surface area contributed by atoms with E-state index in [1.54, 1.807) is 11.2 Å². The molecule has 0 radical (unpaired) electrons. The molecule has 4 rings (SSSR count). The molecular weight excluding hydrogens is 338 g/mol. The Hall–Kier alpha value is -2.21. The molecule has 1 fully saturated rings. The lowest BCUT2D eigenvalue weighted by molar-refractivity contribution is 0.0944. The van der Waals surface area contributed by atoms with Crippen LogP contribution in [0.5, 0.6) is 0 Å². The zero-order chi connectivity index (χ0) is 16.7. The quantitative estimate of drug-likeness (QED) is 0.877. The molecule has 2 aliphatic heterocycles. The summed E-state index contributed by atoms with van der Waals surface area (Å²) in [7, 11) is 1.84. The molecule has 0 bridgehead atoms. The fourth-order valence-corrected chi connectivity index (χ4v) is 3.71. The van der Waals surface area contributed by atoms with E-state index in [-0.39, 0.29) is 18.4 Å². The van der Waals surface area contributed by atoms with E-state index >= 15 is 0 Å². The molecule has 0 spiro atoms. The number of nitrogens with zero attached hydrogens (tertiary/aromatic N) is 4. The molecule has 0 aromatic carbocycles. The minimum Gasteiger partial charge on any atom is -0.347 e. The Labute approximate surface area is 154 Å². The minimum absolute atomic E-state index is 0. The van der Waals surface area contributed by atoms with Gasteiger partial charge in [-0.15, -0.1) is 12.4 Å². The zero-order valence-electron chi connectivity index (χ0n) is 14.7. The molecule has 134 valence electrons. The lowest BCUT2D eigenvalue weighted by atomic mass is 9.94. The Morgan fingerprint density at radius 2 is 2.16 bits per heavy atom. The van der Waals surface area contributed by atoms with Crippen molar-refractivity contribution >= 4 is 18.4 Å². The van der Waals surface area contributed by atoms with Crippen molar-refractivity contribution in [3.8, 4) is 0 Å². The highest BCUT2D eigenvalue weighted by Crippen LogP contribution is 2.39. The lowest BCUT2D eigenvalue weighted by Gasteiger charge is -2.31. The van der Waals surface area contributed by atoms with Gasteiger partial charge in [0, 0.05) is 13.2 Å². The van der Waals surface area contributed by atoms with E-state index in [1.165, 1.54) is 16.8 Å². The topological polar surface area (TPSA) is 55.5 Å². The van der Waals surface area contributed by atoms with Gasteiger partial charge in [0.1, 0.15) is 0 Å². The summed E-state index contributed by atoms with van der Waals surface area (Å²) in [5, 5.41) is 3.91. The number of hydrogen-bond donors (Lipinski definition) is 1. The summed E-state index contributed by atoms with van der Waals surface area (Å²) in [5.41, 5.74) is 5.96. The van der Waals surface area contributed by atoms with Gasteiger partial charge in [0.25, 0.3) is 0 Å². The Bertz CT molecular complexity index is 763. The Kier molecular flexibility index (Phi) is 4.90. The van der Waals surface area contributed by atoms with Crippen LogP contribution >= 0.6 is 12.4 Å². The largest absolute Gasteiger partial charge is 0.347 e. The second kappa shape index (κ2) is 6.96. The summed E-state index contributed by atoms with van der Waals surface area (Å²) in [5.74, 6) is 0. The number of nitrogens with one attached hydrogen (secondary N) is 1. The van der Waals surface area contributed by atoms with Crippen molar-refractivity contribution in [2.24, 2.45) is 0 Å². The Balaban J connectivity index is 0.00000182. The third kappa shape index (κ3) is 3.06. The normalized spacial score (nSPS) is 18.6. The van der Waals surface area contributed by atoms with Gasteiger partial charge in [-0.05, 0) is 43.8 Å². The number of imidazole rings is 1. The van der Waals surface area contributed by atoms with Crippen molar-refractivity contribution < 1.29 is 4.79 Å². The molecule has 25 heavy (non-hydrogen) atoms. The first-order valence-corrected chi connectivity index (χ1v) is 8.54. The fraction of sp³-hybridized carbons (Fsp3) is 0.444. The molecule has 1 N–H and O–H groups in total. The van der Waals surface area contributed by atoms with Gasteiger partial charge in [-0.3, -0.25) is 5.01 Å². The number of allylic oxidation sites excluding steroid dienone is 3. The van der Waals surface area contributed by atoms with Gasteiger partial charge >= 0.3 is 6.03 Å². The molecule has 7 heteroatoms. The van der Waals surface area contributed by atoms with Crippen LogP contribution < -0.4 is 0 Å². The molecule has 0 atom stereocenters. The molecule has 3 heterocycles. The van der Waals surface area contributed by atoms with Crippen molar-refractivity contribution in [3.05, 3.63) is 52.9 Å². The standard InChI is InChI=1S/C18H23N5O.ClH/c1-13-16(20-12-19-13)11-21(2)18(24)23-10-15-8-5-7-14-6-3-4-9-22(23)17(14)15;/h4,8-9,12H,3,5-7,10-11H2,1-2H3,(H,19,20);1H. The summed E-state index contributed by atoms with van der Waals surface area (Å²) < 4.78 is 0. The van der Waals surface area contributed by atoms with Crippen LogP contribution in [0.1, 0.15) is 37.1 Å². The van der Waals surface area contributed by atoms with Gasteiger partial charge < -0.3 is 9.88 Å². The molecule has 0 unspecified atom stereocenters. The van der Waals surface area contributed by atoms with Gasteiger partial charge in [-0.25, -0.2) is 14.8 Å². The zero-order valence-corrected chi connectivity index (χ0v) is 15.5. The van der Waals surface area contributed by atoms with Crippen molar-refractivity contribution in [1.82, 2.24) is 24.9 Å². The van der Waals surface area contributed by atoms with Crippen LogP contribution in [0.2, 0.25) is 0 Å². The van der Waals surface area contributed by atoms with E-state index in [1.807, 2.05) is 19.0 Å². The van der Waals surface area contributed by atoms with E-state index in [2.05, 4.69) is 33.3 Å². The summed E-state index contributed by atoms with van der Waals surface area (Å²) in [6.07, 6.45) is 12.5. The Morgan fingerprint density at radius 3 is 2.92 bits per heavy atom. The van der Waals surface area contributed by atoms with Crippen molar-refractivity contribution in [1.29, 1.82) is 0 Å². The number of carbonyl (C=O) groups excluding carboxylic acids is 1. The average molecular weight is 362 g/mol. The molecule has 2 amide bonds. The van der Waals surface area contributed by atoms with E-state index in [4.69, 9.17) is 0 Å². The first kappa shape index (κ1) is 17.6. The summed E-state index contributed by atoms with van der Waals surface area (Å²) in [6.45, 7) is 3.14. The van der Waals surface area contributed by atoms with E-state index < -0.39 is 0 Å². The first-order valence-electron chi connectivity index (χ1n) is 8.54. The van der Waals surface area contributed by atoms with Crippen LogP contribution in [-0.4, -0.2) is 44.5 Å². The number of hydrazine groups is 1. The molecule has 3 aliphatic rings.